The molecule has 188 valence electrons. The number of methoxy groups -OCH3 is 3. The zero-order valence-corrected chi connectivity index (χ0v) is 20.0. The molecule has 3 rings (SSSR count). The highest BCUT2D eigenvalue weighted by Gasteiger charge is 2.15. The van der Waals surface area contributed by atoms with Crippen LogP contribution in [-0.4, -0.2) is 58.1 Å². The number of ether oxygens (including phenoxy) is 3. The molecule has 3 aromatic rings. The summed E-state index contributed by atoms with van der Waals surface area (Å²) in [6.07, 6.45) is 1.02. The van der Waals surface area contributed by atoms with Crippen molar-refractivity contribution in [2.75, 3.05) is 50.8 Å². The Balaban J connectivity index is 0.00000432. The molecule has 2 aromatic carbocycles. The second kappa shape index (κ2) is 10.4. The predicted molar refractivity (Wildman–Crippen MR) is 134 cm³/mol. The maximum atomic E-state index is 14.4. The first-order valence-corrected chi connectivity index (χ1v) is 11.3. The van der Waals surface area contributed by atoms with Gasteiger partial charge in [0.2, 0.25) is 11.7 Å². The molecule has 0 amide bonds. The van der Waals surface area contributed by atoms with Crippen LogP contribution in [0.15, 0.2) is 42.6 Å². The largest absolute Gasteiger partial charge is 0.493 e. The molecule has 0 spiro atoms. The molecule has 0 bridgehead atoms. The Morgan fingerprint density at radius 1 is 0.912 bits per heavy atom. The van der Waals surface area contributed by atoms with Gasteiger partial charge in [0.15, 0.2) is 23.1 Å². The zero-order chi connectivity index (χ0) is 24.9. The van der Waals surface area contributed by atoms with Crippen molar-refractivity contribution in [2.24, 2.45) is 0 Å². The number of hydrogen-bond donors (Lipinski definition) is 3. The van der Waals surface area contributed by atoms with E-state index >= 15 is 0 Å². The molecule has 0 aliphatic rings. The second-order valence-corrected chi connectivity index (χ2v) is 8.91. The first-order valence-electron chi connectivity index (χ1n) is 9.83. The quantitative estimate of drug-likeness (QED) is 0.379. The molecule has 13 heteroatoms. The summed E-state index contributed by atoms with van der Waals surface area (Å²) in [4.78, 5) is 8.15. The fourth-order valence-corrected chi connectivity index (χ4v) is 3.41. The van der Waals surface area contributed by atoms with Crippen LogP contribution in [0.5, 0.6) is 17.2 Å². The number of anilines is 5. The molecule has 1 aromatic heterocycles. The third kappa shape index (κ3) is 5.74. The molecule has 11 nitrogen and oxygen atoms in total. The number of hydrogen-bond acceptors (Lipinski definition) is 9. The number of benzene rings is 2. The Morgan fingerprint density at radius 2 is 1.50 bits per heavy atom. The van der Waals surface area contributed by atoms with Gasteiger partial charge in [0.1, 0.15) is 0 Å². The van der Waals surface area contributed by atoms with Crippen LogP contribution in [0.2, 0.25) is 0 Å². The highest BCUT2D eigenvalue weighted by Crippen LogP contribution is 2.40. The van der Waals surface area contributed by atoms with E-state index in [4.69, 9.17) is 14.2 Å². The van der Waals surface area contributed by atoms with Crippen molar-refractivity contribution in [1.82, 2.24) is 14.3 Å². The number of halogens is 1. The third-order valence-electron chi connectivity index (χ3n) is 4.54. The Morgan fingerprint density at radius 3 is 2.03 bits per heavy atom. The number of nitrogens with zero attached hydrogens (tertiary/aromatic N) is 3. The molecular formula is C21H31FN6O5S. The first-order chi connectivity index (χ1) is 16.2. The van der Waals surface area contributed by atoms with Gasteiger partial charge in [-0.05, 0) is 24.3 Å². The number of nitrogens with one attached hydrogen (secondary N) is 3. The van der Waals surface area contributed by atoms with Crippen molar-refractivity contribution >= 4 is 39.0 Å². The van der Waals surface area contributed by atoms with Crippen molar-refractivity contribution in [1.29, 1.82) is 0 Å². The number of aromatic nitrogens is 2. The molecule has 0 unspecified atom stereocenters. The van der Waals surface area contributed by atoms with Crippen LogP contribution >= 0.6 is 0 Å². The van der Waals surface area contributed by atoms with Gasteiger partial charge in [-0.25, -0.2) is 9.37 Å². The summed E-state index contributed by atoms with van der Waals surface area (Å²) in [6.45, 7) is 0. The Labute approximate surface area is 201 Å². The first kappa shape index (κ1) is 24.8. The van der Waals surface area contributed by atoms with Crippen LogP contribution in [0.4, 0.5) is 33.2 Å². The van der Waals surface area contributed by atoms with Crippen LogP contribution in [-0.2, 0) is 10.2 Å². The molecule has 0 aliphatic carbocycles. The molecule has 0 saturated carbocycles. The lowest BCUT2D eigenvalue weighted by Crippen LogP contribution is -2.28. The van der Waals surface area contributed by atoms with E-state index in [0.29, 0.717) is 34.3 Å². The smallest absolute Gasteiger partial charge is 0.301 e. The van der Waals surface area contributed by atoms with E-state index in [1.165, 1.54) is 47.6 Å². The fourth-order valence-electron chi connectivity index (χ4n) is 2.80. The van der Waals surface area contributed by atoms with Crippen molar-refractivity contribution in [2.45, 2.75) is 0 Å². The highest BCUT2D eigenvalue weighted by molar-refractivity contribution is 7.90. The van der Waals surface area contributed by atoms with Crippen LogP contribution < -0.4 is 29.6 Å². The maximum Gasteiger partial charge on any atom is 0.301 e. The molecule has 0 aliphatic heterocycles. The van der Waals surface area contributed by atoms with Gasteiger partial charge in [-0.3, -0.25) is 4.72 Å². The second-order valence-electron chi connectivity index (χ2n) is 7.02. The Bertz CT molecular complexity index is 1250. The fraction of sp³-hybridized carbons (Fsp3) is 0.238. The standard InChI is InChI=1S/C21H25FN6O5S.3H2/c1-28(2)34(29,30)27-14-8-6-13(7-9-14)24-20-16(22)12-23-21(26-20)25-15-10-17(31-3)19(33-5)18(11-15)32-4;;;/h6-12,27H,1-5H3,(H2,23,24,25,26);3*1H. The normalized spacial score (nSPS) is 11.1. The lowest BCUT2D eigenvalue weighted by Gasteiger charge is -2.15. The van der Waals surface area contributed by atoms with Crippen LogP contribution in [0.3, 0.4) is 0 Å². The van der Waals surface area contributed by atoms with E-state index in [1.807, 2.05) is 0 Å². The van der Waals surface area contributed by atoms with Gasteiger partial charge in [0.05, 0.1) is 27.5 Å². The van der Waals surface area contributed by atoms with E-state index in [1.54, 1.807) is 24.3 Å². The lowest BCUT2D eigenvalue weighted by atomic mass is 10.2. The summed E-state index contributed by atoms with van der Waals surface area (Å²) >= 11 is 0. The van der Waals surface area contributed by atoms with Gasteiger partial charge in [-0.15, -0.1) is 0 Å². The van der Waals surface area contributed by atoms with Gasteiger partial charge in [-0.1, -0.05) is 0 Å². The van der Waals surface area contributed by atoms with Crippen molar-refractivity contribution in [3.8, 4) is 17.2 Å². The molecule has 0 fully saturated rings. The minimum absolute atomic E-state index is 0. The average molecular weight is 499 g/mol. The molecule has 34 heavy (non-hydrogen) atoms. The highest BCUT2D eigenvalue weighted by atomic mass is 32.2. The summed E-state index contributed by atoms with van der Waals surface area (Å²) in [7, 11) is 3.69. The van der Waals surface area contributed by atoms with Crippen LogP contribution in [0, 0.1) is 5.82 Å². The summed E-state index contributed by atoms with van der Waals surface area (Å²) in [5.74, 6) is 0.645. The topological polar surface area (TPSA) is 127 Å². The Hall–Kier alpha value is -3.84. The zero-order valence-electron chi connectivity index (χ0n) is 19.2. The van der Waals surface area contributed by atoms with Gasteiger partial charge in [0.25, 0.3) is 0 Å². The van der Waals surface area contributed by atoms with Crippen molar-refractivity contribution < 1.29 is 31.3 Å². The van der Waals surface area contributed by atoms with E-state index in [0.717, 1.165) is 10.5 Å². The molecule has 0 saturated heterocycles. The van der Waals surface area contributed by atoms with Crippen LogP contribution in [0.25, 0.3) is 0 Å². The van der Waals surface area contributed by atoms with E-state index in [9.17, 15) is 12.8 Å². The van der Waals surface area contributed by atoms with E-state index in [-0.39, 0.29) is 16.0 Å². The van der Waals surface area contributed by atoms with Gasteiger partial charge in [-0.2, -0.15) is 17.7 Å². The minimum atomic E-state index is -3.63. The monoisotopic (exact) mass is 498 g/mol. The van der Waals surface area contributed by atoms with E-state index < -0.39 is 16.0 Å². The molecule has 3 N–H and O–H groups in total. The summed E-state index contributed by atoms with van der Waals surface area (Å²) in [5.41, 5.74) is 1.38. The lowest BCUT2D eigenvalue weighted by molar-refractivity contribution is 0.324. The van der Waals surface area contributed by atoms with Crippen molar-refractivity contribution in [3.05, 3.63) is 48.4 Å². The van der Waals surface area contributed by atoms with Crippen molar-refractivity contribution in [3.63, 3.8) is 0 Å². The SMILES string of the molecule is COc1cc(Nc2ncc(F)c(Nc3ccc(NS(=O)(=O)N(C)C)cc3)n2)cc(OC)c1OC.[HH].[HH].[HH]. The van der Waals surface area contributed by atoms with Gasteiger partial charge in [0, 0.05) is 47.6 Å². The van der Waals surface area contributed by atoms with E-state index in [2.05, 4.69) is 25.3 Å². The summed E-state index contributed by atoms with van der Waals surface area (Å²) < 4.78 is 57.6. The van der Waals surface area contributed by atoms with Gasteiger partial charge < -0.3 is 24.8 Å². The minimum Gasteiger partial charge on any atom is -0.493 e. The maximum absolute atomic E-state index is 14.4. The Kier molecular flexibility index (Phi) is 7.58. The molecule has 1 heterocycles. The average Bonchev–Trinajstić information content (AvgIpc) is 2.81. The summed E-state index contributed by atoms with van der Waals surface area (Å²) in [5, 5.41) is 5.83. The number of rotatable bonds is 10. The van der Waals surface area contributed by atoms with Gasteiger partial charge >= 0.3 is 10.2 Å². The molecule has 0 radical (unpaired) electrons. The third-order valence-corrected chi connectivity index (χ3v) is 6.00. The summed E-state index contributed by atoms with van der Waals surface area (Å²) in [6, 6.07) is 9.57. The predicted octanol–water partition coefficient (Wildman–Crippen LogP) is 4.09. The van der Waals surface area contributed by atoms with Crippen LogP contribution in [0.1, 0.15) is 4.28 Å². The molecular weight excluding hydrogens is 467 g/mol. The molecule has 0 atom stereocenters.